The van der Waals surface area contributed by atoms with Crippen molar-refractivity contribution in [3.8, 4) is 17.2 Å². The number of nitrogens with zero attached hydrogens (tertiary/aromatic N) is 2. The summed E-state index contributed by atoms with van der Waals surface area (Å²) < 4.78 is 40.9. The Balaban J connectivity index is 1.53. The van der Waals surface area contributed by atoms with Gasteiger partial charge in [-0.2, -0.15) is 8.78 Å². The summed E-state index contributed by atoms with van der Waals surface area (Å²) in [6, 6.07) is 14.8. The van der Waals surface area contributed by atoms with Crippen molar-refractivity contribution in [2.75, 3.05) is 27.2 Å². The minimum Gasteiger partial charge on any atom is -0.493 e. The third kappa shape index (κ3) is 5.98. The van der Waals surface area contributed by atoms with Gasteiger partial charge < -0.3 is 24.4 Å². The van der Waals surface area contributed by atoms with Crippen molar-refractivity contribution in [1.82, 2.24) is 10.2 Å². The van der Waals surface area contributed by atoms with E-state index in [1.54, 1.807) is 25.2 Å². The molecule has 1 aliphatic rings. The minimum absolute atomic E-state index is 0.0145. The number of halogens is 2. The van der Waals surface area contributed by atoms with Crippen molar-refractivity contribution in [1.29, 1.82) is 0 Å². The first-order valence-corrected chi connectivity index (χ1v) is 9.88. The van der Waals surface area contributed by atoms with E-state index >= 15 is 0 Å². The highest BCUT2D eigenvalue weighted by molar-refractivity contribution is 5.80. The van der Waals surface area contributed by atoms with Crippen LogP contribution in [0.3, 0.4) is 0 Å². The van der Waals surface area contributed by atoms with Gasteiger partial charge >= 0.3 is 6.61 Å². The second-order valence-corrected chi connectivity index (χ2v) is 6.88. The molecular weight excluding hydrogens is 392 g/mol. The third-order valence-corrected chi connectivity index (χ3v) is 4.89. The Hall–Kier alpha value is -3.03. The fourth-order valence-corrected chi connectivity index (χ4v) is 3.41. The number of hydrogen-bond donors (Lipinski definition) is 1. The molecule has 0 spiro atoms. The minimum atomic E-state index is -2.91. The maximum Gasteiger partial charge on any atom is 0.387 e. The molecule has 1 fully saturated rings. The van der Waals surface area contributed by atoms with Crippen molar-refractivity contribution >= 4 is 5.96 Å². The van der Waals surface area contributed by atoms with Crippen LogP contribution in [0.1, 0.15) is 18.4 Å². The van der Waals surface area contributed by atoms with Gasteiger partial charge in [-0.05, 0) is 29.8 Å². The van der Waals surface area contributed by atoms with E-state index in [0.717, 1.165) is 43.2 Å². The SMILES string of the molecule is CN=C(NCc1ccc(OC)c(OC(F)F)c1)N1CCC(Oc2ccccc2)CC1. The van der Waals surface area contributed by atoms with Crippen molar-refractivity contribution < 1.29 is 23.0 Å². The lowest BCUT2D eigenvalue weighted by atomic mass is 10.1. The maximum atomic E-state index is 12.6. The van der Waals surface area contributed by atoms with Gasteiger partial charge in [0.05, 0.1) is 7.11 Å². The summed E-state index contributed by atoms with van der Waals surface area (Å²) in [6.45, 7) is -0.843. The van der Waals surface area contributed by atoms with E-state index in [-0.39, 0.29) is 17.6 Å². The Bertz CT molecular complexity index is 826. The predicted molar refractivity (Wildman–Crippen MR) is 111 cm³/mol. The molecule has 0 aromatic heterocycles. The summed E-state index contributed by atoms with van der Waals surface area (Å²) in [5, 5.41) is 3.29. The lowest BCUT2D eigenvalue weighted by Crippen LogP contribution is -2.47. The molecule has 1 aliphatic heterocycles. The zero-order chi connectivity index (χ0) is 21.3. The van der Waals surface area contributed by atoms with Crippen LogP contribution >= 0.6 is 0 Å². The zero-order valence-corrected chi connectivity index (χ0v) is 17.2. The highest BCUT2D eigenvalue weighted by Gasteiger charge is 2.22. The summed E-state index contributed by atoms with van der Waals surface area (Å²) in [4.78, 5) is 6.53. The first-order valence-electron chi connectivity index (χ1n) is 9.88. The third-order valence-electron chi connectivity index (χ3n) is 4.89. The molecule has 8 heteroatoms. The van der Waals surface area contributed by atoms with E-state index in [0.29, 0.717) is 6.54 Å². The van der Waals surface area contributed by atoms with Gasteiger partial charge in [-0.25, -0.2) is 0 Å². The first-order chi connectivity index (χ1) is 14.6. The van der Waals surface area contributed by atoms with Gasteiger partial charge in [0.15, 0.2) is 17.5 Å². The van der Waals surface area contributed by atoms with Crippen LogP contribution in [0.15, 0.2) is 53.5 Å². The molecule has 0 amide bonds. The van der Waals surface area contributed by atoms with Gasteiger partial charge in [0.2, 0.25) is 0 Å². The molecule has 0 radical (unpaired) electrons. The predicted octanol–water partition coefficient (Wildman–Crippen LogP) is 3.92. The van der Waals surface area contributed by atoms with Crippen molar-refractivity contribution in [2.45, 2.75) is 32.1 Å². The highest BCUT2D eigenvalue weighted by atomic mass is 19.3. The Labute approximate surface area is 175 Å². The Kier molecular flexibility index (Phi) is 7.70. The van der Waals surface area contributed by atoms with Crippen LogP contribution < -0.4 is 19.5 Å². The standard InChI is InChI=1S/C22H27F2N3O3/c1-25-22(26-15-16-8-9-19(28-2)20(14-16)30-21(23)24)27-12-10-18(11-13-27)29-17-6-4-3-5-7-17/h3-9,14,18,21H,10-13,15H2,1-2H3,(H,25,26). The van der Waals surface area contributed by atoms with Gasteiger partial charge in [0.1, 0.15) is 11.9 Å². The van der Waals surface area contributed by atoms with Crippen molar-refractivity contribution in [2.24, 2.45) is 4.99 Å². The number of aliphatic imine (C=N–C) groups is 1. The highest BCUT2D eigenvalue weighted by Crippen LogP contribution is 2.29. The van der Waals surface area contributed by atoms with Gasteiger partial charge in [0.25, 0.3) is 0 Å². The number of para-hydroxylation sites is 1. The summed E-state index contributed by atoms with van der Waals surface area (Å²) in [5.74, 6) is 1.93. The molecule has 3 rings (SSSR count). The number of rotatable bonds is 7. The Morgan fingerprint density at radius 2 is 1.87 bits per heavy atom. The quantitative estimate of drug-likeness (QED) is 0.545. The largest absolute Gasteiger partial charge is 0.493 e. The number of ether oxygens (including phenoxy) is 3. The fraction of sp³-hybridized carbons (Fsp3) is 0.409. The first kappa shape index (κ1) is 21.7. The average molecular weight is 419 g/mol. The average Bonchev–Trinajstić information content (AvgIpc) is 2.76. The van der Waals surface area contributed by atoms with Crippen LogP contribution in [0, 0.1) is 0 Å². The number of benzene rings is 2. The second-order valence-electron chi connectivity index (χ2n) is 6.88. The molecule has 6 nitrogen and oxygen atoms in total. The van der Waals surface area contributed by atoms with E-state index in [9.17, 15) is 8.78 Å². The zero-order valence-electron chi connectivity index (χ0n) is 17.2. The molecule has 1 N–H and O–H groups in total. The van der Waals surface area contributed by atoms with E-state index in [4.69, 9.17) is 9.47 Å². The summed E-state index contributed by atoms with van der Waals surface area (Å²) in [7, 11) is 3.15. The molecule has 2 aromatic rings. The summed E-state index contributed by atoms with van der Waals surface area (Å²) in [5.41, 5.74) is 0.787. The van der Waals surface area contributed by atoms with Crippen LogP contribution in [0.2, 0.25) is 0 Å². The van der Waals surface area contributed by atoms with Gasteiger partial charge in [-0.3, -0.25) is 4.99 Å². The van der Waals surface area contributed by atoms with E-state index in [1.807, 2.05) is 30.3 Å². The smallest absolute Gasteiger partial charge is 0.387 e. The topological polar surface area (TPSA) is 55.3 Å². The number of methoxy groups -OCH3 is 1. The molecule has 0 saturated carbocycles. The van der Waals surface area contributed by atoms with Crippen LogP contribution in [-0.4, -0.2) is 50.8 Å². The number of likely N-dealkylation sites (tertiary alicyclic amines) is 1. The number of piperidine rings is 1. The van der Waals surface area contributed by atoms with E-state index in [1.165, 1.54) is 7.11 Å². The molecule has 30 heavy (non-hydrogen) atoms. The number of hydrogen-bond acceptors (Lipinski definition) is 4. The van der Waals surface area contributed by atoms with Crippen LogP contribution in [0.5, 0.6) is 17.2 Å². The molecule has 0 atom stereocenters. The lowest BCUT2D eigenvalue weighted by Gasteiger charge is -2.34. The lowest BCUT2D eigenvalue weighted by molar-refractivity contribution is -0.0512. The maximum absolute atomic E-state index is 12.6. The summed E-state index contributed by atoms with van der Waals surface area (Å²) >= 11 is 0. The van der Waals surface area contributed by atoms with Crippen LogP contribution in [0.4, 0.5) is 8.78 Å². The van der Waals surface area contributed by atoms with Gasteiger partial charge in [0, 0.05) is 39.5 Å². The molecule has 1 saturated heterocycles. The van der Waals surface area contributed by atoms with Crippen molar-refractivity contribution in [3.63, 3.8) is 0 Å². The molecule has 0 bridgehead atoms. The monoisotopic (exact) mass is 419 g/mol. The fourth-order valence-electron chi connectivity index (χ4n) is 3.41. The molecule has 1 heterocycles. The summed E-state index contributed by atoms with van der Waals surface area (Å²) in [6.07, 6.45) is 1.96. The molecule has 0 unspecified atom stereocenters. The van der Waals surface area contributed by atoms with Crippen molar-refractivity contribution in [3.05, 3.63) is 54.1 Å². The molecule has 0 aliphatic carbocycles. The Morgan fingerprint density at radius 3 is 2.50 bits per heavy atom. The molecular formula is C22H27F2N3O3. The Morgan fingerprint density at radius 1 is 1.13 bits per heavy atom. The van der Waals surface area contributed by atoms with E-state index in [2.05, 4.69) is 19.9 Å². The normalized spacial score (nSPS) is 15.2. The second kappa shape index (κ2) is 10.7. The van der Waals surface area contributed by atoms with Crippen LogP contribution in [-0.2, 0) is 6.54 Å². The van der Waals surface area contributed by atoms with E-state index < -0.39 is 6.61 Å². The number of guanidine groups is 1. The number of alkyl halides is 2. The molecule has 2 aromatic carbocycles. The van der Waals surface area contributed by atoms with Gasteiger partial charge in [-0.1, -0.05) is 24.3 Å². The number of nitrogens with one attached hydrogen (secondary N) is 1. The molecule has 162 valence electrons. The van der Waals surface area contributed by atoms with Crippen LogP contribution in [0.25, 0.3) is 0 Å². The van der Waals surface area contributed by atoms with Gasteiger partial charge in [-0.15, -0.1) is 0 Å².